The molecule has 2 nitrogen and oxygen atoms in total. The van der Waals surface area contributed by atoms with Gasteiger partial charge in [-0.25, -0.2) is 0 Å². The lowest BCUT2D eigenvalue weighted by Gasteiger charge is -2.37. The summed E-state index contributed by atoms with van der Waals surface area (Å²) in [4.78, 5) is 0. The Balaban J connectivity index is 2.43. The Bertz CT molecular complexity index is 336. The Morgan fingerprint density at radius 3 is 2.69 bits per heavy atom. The third-order valence-electron chi connectivity index (χ3n) is 2.11. The molecular weight excluding hydrogens is 255 g/mol. The molecule has 70 valence electrons. The van der Waals surface area contributed by atoms with E-state index in [1.54, 1.807) is 6.07 Å². The lowest BCUT2D eigenvalue weighted by molar-refractivity contribution is -0.184. The van der Waals surface area contributed by atoms with Gasteiger partial charge in [-0.2, -0.15) is 0 Å². The van der Waals surface area contributed by atoms with Crippen molar-refractivity contribution >= 4 is 27.5 Å². The highest BCUT2D eigenvalue weighted by Gasteiger charge is 2.39. The van der Waals surface area contributed by atoms with Crippen molar-refractivity contribution in [2.45, 2.75) is 5.60 Å². The van der Waals surface area contributed by atoms with Crippen LogP contribution < -0.4 is 0 Å². The lowest BCUT2D eigenvalue weighted by atomic mass is 9.92. The molecule has 1 aromatic rings. The van der Waals surface area contributed by atoms with Crippen LogP contribution in [0.15, 0.2) is 22.7 Å². The first-order chi connectivity index (χ1) is 6.12. The van der Waals surface area contributed by atoms with E-state index in [1.165, 1.54) is 0 Å². The molecule has 1 fully saturated rings. The Hall–Kier alpha value is -0.0900. The normalized spacial score (nSPS) is 19.6. The summed E-state index contributed by atoms with van der Waals surface area (Å²) in [6.07, 6.45) is 0. The first kappa shape index (κ1) is 9.46. The Morgan fingerprint density at radius 1 is 1.46 bits per heavy atom. The Labute approximate surface area is 89.6 Å². The van der Waals surface area contributed by atoms with Crippen molar-refractivity contribution in [1.29, 1.82) is 0 Å². The van der Waals surface area contributed by atoms with Gasteiger partial charge in [0.25, 0.3) is 0 Å². The number of ether oxygens (including phenoxy) is 1. The van der Waals surface area contributed by atoms with E-state index in [0.29, 0.717) is 18.2 Å². The molecule has 0 spiro atoms. The average molecular weight is 264 g/mol. The third kappa shape index (κ3) is 1.62. The van der Waals surface area contributed by atoms with Crippen LogP contribution in [0.25, 0.3) is 0 Å². The van der Waals surface area contributed by atoms with Crippen molar-refractivity contribution in [3.8, 4) is 0 Å². The molecule has 1 saturated heterocycles. The van der Waals surface area contributed by atoms with Gasteiger partial charge < -0.3 is 9.84 Å². The van der Waals surface area contributed by atoms with Crippen molar-refractivity contribution in [3.63, 3.8) is 0 Å². The predicted molar refractivity (Wildman–Crippen MR) is 53.9 cm³/mol. The van der Waals surface area contributed by atoms with Crippen LogP contribution in [0.3, 0.4) is 0 Å². The van der Waals surface area contributed by atoms with Gasteiger partial charge in [0.15, 0.2) is 0 Å². The zero-order valence-electron chi connectivity index (χ0n) is 6.76. The minimum absolute atomic E-state index is 0.323. The maximum Gasteiger partial charge on any atom is 0.137 e. The summed E-state index contributed by atoms with van der Waals surface area (Å²) in [7, 11) is 0. The highest BCUT2D eigenvalue weighted by Crippen LogP contribution is 2.35. The van der Waals surface area contributed by atoms with Crippen LogP contribution in [-0.4, -0.2) is 18.3 Å². The Kier molecular flexibility index (Phi) is 2.36. The highest BCUT2D eigenvalue weighted by molar-refractivity contribution is 9.10. The van der Waals surface area contributed by atoms with Crippen molar-refractivity contribution in [1.82, 2.24) is 0 Å². The van der Waals surface area contributed by atoms with Crippen LogP contribution in [-0.2, 0) is 10.3 Å². The predicted octanol–water partition coefficient (Wildman–Crippen LogP) is 2.32. The molecule has 0 atom stereocenters. The second-order valence-corrected chi connectivity index (χ2v) is 4.47. The summed E-state index contributed by atoms with van der Waals surface area (Å²) in [5, 5.41) is 10.5. The van der Waals surface area contributed by atoms with Gasteiger partial charge in [0, 0.05) is 15.1 Å². The van der Waals surface area contributed by atoms with Gasteiger partial charge in [-0.1, -0.05) is 27.5 Å². The Morgan fingerprint density at radius 2 is 2.15 bits per heavy atom. The molecule has 0 radical (unpaired) electrons. The summed E-state index contributed by atoms with van der Waals surface area (Å²) in [6, 6.07) is 5.43. The fourth-order valence-electron chi connectivity index (χ4n) is 1.31. The lowest BCUT2D eigenvalue weighted by Crippen LogP contribution is -2.46. The van der Waals surface area contributed by atoms with E-state index in [1.807, 2.05) is 12.1 Å². The molecule has 0 aromatic heterocycles. The summed E-state index contributed by atoms with van der Waals surface area (Å²) < 4.78 is 5.87. The van der Waals surface area contributed by atoms with E-state index in [-0.39, 0.29) is 0 Å². The van der Waals surface area contributed by atoms with Crippen LogP contribution in [0.4, 0.5) is 0 Å². The SMILES string of the molecule is OC1(c2cc(Br)ccc2Cl)COC1. The number of benzene rings is 1. The molecule has 4 heteroatoms. The molecule has 1 aliphatic heterocycles. The molecule has 1 aromatic carbocycles. The van der Waals surface area contributed by atoms with Gasteiger partial charge in [-0.3, -0.25) is 0 Å². The minimum Gasteiger partial charge on any atom is -0.380 e. The largest absolute Gasteiger partial charge is 0.380 e. The second kappa shape index (κ2) is 3.24. The van der Waals surface area contributed by atoms with E-state index >= 15 is 0 Å². The first-order valence-corrected chi connectivity index (χ1v) is 5.05. The van der Waals surface area contributed by atoms with E-state index < -0.39 is 5.60 Å². The van der Waals surface area contributed by atoms with Crippen LogP contribution >= 0.6 is 27.5 Å². The summed E-state index contributed by atoms with van der Waals surface area (Å²) in [6.45, 7) is 0.645. The summed E-state index contributed by atoms with van der Waals surface area (Å²) in [5.41, 5.74) is -0.157. The first-order valence-electron chi connectivity index (χ1n) is 3.87. The smallest absolute Gasteiger partial charge is 0.137 e. The zero-order valence-corrected chi connectivity index (χ0v) is 9.10. The third-order valence-corrected chi connectivity index (χ3v) is 2.93. The van der Waals surface area contributed by atoms with E-state index in [4.69, 9.17) is 16.3 Å². The quantitative estimate of drug-likeness (QED) is 0.842. The number of rotatable bonds is 1. The van der Waals surface area contributed by atoms with E-state index in [9.17, 15) is 5.11 Å². The van der Waals surface area contributed by atoms with Crippen molar-refractivity contribution in [2.75, 3.05) is 13.2 Å². The van der Waals surface area contributed by atoms with Crippen LogP contribution in [0.5, 0.6) is 0 Å². The fourth-order valence-corrected chi connectivity index (χ4v) is 1.96. The topological polar surface area (TPSA) is 29.5 Å². The summed E-state index contributed by atoms with van der Waals surface area (Å²) >= 11 is 9.29. The van der Waals surface area contributed by atoms with Crippen molar-refractivity contribution < 1.29 is 9.84 Å². The van der Waals surface area contributed by atoms with Crippen molar-refractivity contribution in [2.24, 2.45) is 0 Å². The molecule has 0 aliphatic carbocycles. The molecule has 0 bridgehead atoms. The van der Waals surface area contributed by atoms with Crippen molar-refractivity contribution in [3.05, 3.63) is 33.3 Å². The molecule has 13 heavy (non-hydrogen) atoms. The van der Waals surface area contributed by atoms with E-state index in [2.05, 4.69) is 15.9 Å². The number of aliphatic hydroxyl groups is 1. The van der Waals surface area contributed by atoms with Gasteiger partial charge >= 0.3 is 0 Å². The maximum atomic E-state index is 9.96. The van der Waals surface area contributed by atoms with Crippen LogP contribution in [0, 0.1) is 0 Å². The standard InChI is InChI=1S/C9H8BrClO2/c10-6-1-2-8(11)7(3-6)9(12)4-13-5-9/h1-3,12H,4-5H2. The number of hydrogen-bond donors (Lipinski definition) is 1. The number of hydrogen-bond acceptors (Lipinski definition) is 2. The minimum atomic E-state index is -0.888. The fraction of sp³-hybridized carbons (Fsp3) is 0.333. The number of halogens is 2. The summed E-state index contributed by atoms with van der Waals surface area (Å²) in [5.74, 6) is 0. The molecule has 1 aliphatic rings. The molecule has 0 unspecified atom stereocenters. The van der Waals surface area contributed by atoms with Gasteiger partial charge in [0.05, 0.1) is 13.2 Å². The van der Waals surface area contributed by atoms with Crippen LogP contribution in [0.1, 0.15) is 5.56 Å². The molecule has 0 amide bonds. The molecule has 1 heterocycles. The van der Waals surface area contributed by atoms with Crippen LogP contribution in [0.2, 0.25) is 5.02 Å². The maximum absolute atomic E-state index is 9.96. The second-order valence-electron chi connectivity index (χ2n) is 3.15. The van der Waals surface area contributed by atoms with Gasteiger partial charge in [-0.15, -0.1) is 0 Å². The van der Waals surface area contributed by atoms with Gasteiger partial charge in [-0.05, 0) is 18.2 Å². The average Bonchev–Trinajstić information content (AvgIpc) is 2.05. The van der Waals surface area contributed by atoms with Gasteiger partial charge in [0.1, 0.15) is 5.60 Å². The molecule has 1 N–H and O–H groups in total. The monoisotopic (exact) mass is 262 g/mol. The highest BCUT2D eigenvalue weighted by atomic mass is 79.9. The zero-order chi connectivity index (χ0) is 9.47. The molecular formula is C9H8BrClO2. The molecule has 2 rings (SSSR count). The van der Waals surface area contributed by atoms with E-state index in [0.717, 1.165) is 10.0 Å². The van der Waals surface area contributed by atoms with Gasteiger partial charge in [0.2, 0.25) is 0 Å². The molecule has 0 saturated carbocycles.